The fourth-order valence-electron chi connectivity index (χ4n) is 2.21. The Bertz CT molecular complexity index is 927. The summed E-state index contributed by atoms with van der Waals surface area (Å²) < 4.78 is 1.38. The Balaban J connectivity index is 2.38. The summed E-state index contributed by atoms with van der Waals surface area (Å²) in [6.45, 7) is 5.95. The monoisotopic (exact) mass is 448 g/mol. The van der Waals surface area contributed by atoms with Gasteiger partial charge in [0.2, 0.25) is 0 Å². The van der Waals surface area contributed by atoms with Crippen LogP contribution in [0.4, 0.5) is 0 Å². The molecule has 0 atom stereocenters. The molecule has 0 fully saturated rings. The maximum absolute atomic E-state index is 9.55. The molecule has 3 aliphatic heterocycles. The van der Waals surface area contributed by atoms with Crippen molar-refractivity contribution in [3.05, 3.63) is 42.7 Å². The van der Waals surface area contributed by atoms with Crippen LogP contribution in [0.5, 0.6) is 0 Å². The van der Waals surface area contributed by atoms with Gasteiger partial charge in [-0.3, -0.25) is 4.90 Å². The lowest BCUT2D eigenvalue weighted by Crippen LogP contribution is -2.45. The van der Waals surface area contributed by atoms with Crippen molar-refractivity contribution in [2.45, 2.75) is 20.8 Å². The summed E-state index contributed by atoms with van der Waals surface area (Å²) in [7, 11) is 0. The molecule has 0 aromatic rings. The fraction of sp³-hybridized carbons (Fsp3) is 0.286. The molecule has 0 unspecified atom stereocenters. The number of amidine groups is 3. The van der Waals surface area contributed by atoms with Gasteiger partial charge in [0.1, 0.15) is 17.5 Å². The zero-order valence-corrected chi connectivity index (χ0v) is 16.1. The fourth-order valence-corrected chi connectivity index (χ4v) is 3.51. The first kappa shape index (κ1) is 16.6. The highest BCUT2D eigenvalue weighted by Gasteiger charge is 2.39. The Morgan fingerprint density at radius 2 is 1.96 bits per heavy atom. The first-order chi connectivity index (χ1) is 11.3. The van der Waals surface area contributed by atoms with E-state index in [0.717, 1.165) is 4.48 Å². The highest BCUT2D eigenvalue weighted by Crippen LogP contribution is 2.38. The van der Waals surface area contributed by atoms with Crippen LogP contribution in [-0.4, -0.2) is 22.4 Å². The predicted octanol–water partition coefficient (Wildman–Crippen LogP) is 4.46. The third-order valence-electron chi connectivity index (χ3n) is 3.32. The van der Waals surface area contributed by atoms with Gasteiger partial charge < -0.3 is 0 Å². The molecule has 3 aliphatic rings. The van der Waals surface area contributed by atoms with Gasteiger partial charge in [0.15, 0.2) is 23.3 Å². The average molecular weight is 450 g/mol. The van der Waals surface area contributed by atoms with Gasteiger partial charge in [-0.25, -0.2) is 15.0 Å². The summed E-state index contributed by atoms with van der Waals surface area (Å²) in [5.74, 6) is 1.95. The summed E-state index contributed by atoms with van der Waals surface area (Å²) in [5.41, 5.74) is 8.54. The van der Waals surface area contributed by atoms with E-state index in [0.29, 0.717) is 27.8 Å². The van der Waals surface area contributed by atoms with Gasteiger partial charge in [-0.2, -0.15) is 5.26 Å². The van der Waals surface area contributed by atoms with E-state index in [4.69, 9.17) is 5.53 Å². The van der Waals surface area contributed by atoms with Crippen LogP contribution in [0.25, 0.3) is 10.4 Å². The topological polar surface area (TPSA) is 113 Å². The molecule has 10 heteroatoms. The van der Waals surface area contributed by atoms with Crippen LogP contribution < -0.4 is 0 Å². The number of nitrogens with zero attached hydrogens (tertiary/aromatic N) is 8. The summed E-state index contributed by atoms with van der Waals surface area (Å²) in [4.78, 5) is 17.9. The predicted molar refractivity (Wildman–Crippen MR) is 98.3 cm³/mol. The van der Waals surface area contributed by atoms with Crippen LogP contribution >= 0.6 is 31.9 Å². The Kier molecular flexibility index (Phi) is 3.95. The normalized spacial score (nSPS) is 19.6. The lowest BCUT2D eigenvalue weighted by molar-refractivity contribution is 0.572. The second-order valence-corrected chi connectivity index (χ2v) is 7.76. The Morgan fingerprint density at radius 1 is 1.25 bits per heavy atom. The smallest absolute Gasteiger partial charge is 0.162 e. The van der Waals surface area contributed by atoms with Crippen LogP contribution in [0.1, 0.15) is 20.8 Å². The van der Waals surface area contributed by atoms with Crippen LogP contribution in [0.3, 0.4) is 0 Å². The molecule has 0 N–H and O–H groups in total. The number of azide groups is 1. The van der Waals surface area contributed by atoms with E-state index < -0.39 is 0 Å². The van der Waals surface area contributed by atoms with Crippen LogP contribution in [0.15, 0.2) is 52.3 Å². The molecule has 0 saturated heterocycles. The number of rotatable bonds is 1. The number of nitriles is 1. The van der Waals surface area contributed by atoms with Crippen molar-refractivity contribution in [1.29, 1.82) is 5.26 Å². The molecule has 0 aliphatic carbocycles. The summed E-state index contributed by atoms with van der Waals surface area (Å²) >= 11 is 6.93. The van der Waals surface area contributed by atoms with Gasteiger partial charge in [-0.05, 0) is 48.6 Å². The zero-order valence-electron chi connectivity index (χ0n) is 12.9. The Hall–Kier alpha value is -2.21. The molecule has 3 rings (SSSR count). The maximum Gasteiger partial charge on any atom is 0.162 e. The van der Waals surface area contributed by atoms with Gasteiger partial charge in [0, 0.05) is 10.3 Å². The van der Waals surface area contributed by atoms with Crippen molar-refractivity contribution in [2.75, 3.05) is 0 Å². The minimum Gasteiger partial charge on any atom is -0.259 e. The van der Waals surface area contributed by atoms with E-state index in [1.807, 2.05) is 32.9 Å². The van der Waals surface area contributed by atoms with Crippen molar-refractivity contribution in [3.8, 4) is 6.07 Å². The number of halogens is 2. The third kappa shape index (κ3) is 2.51. The standard InChI is InChI=1S/C14H10Br2N8/c1-14(2,3)13-20-10-6(5-17)9(22-23-18)19-11-7(15)4-8(16)12(21-13)24(10)11/h4H,1-3H3. The highest BCUT2D eigenvalue weighted by atomic mass is 79.9. The summed E-state index contributed by atoms with van der Waals surface area (Å²) in [6.07, 6.45) is 1.81. The number of hydrogen-bond donors (Lipinski definition) is 0. The second-order valence-electron chi connectivity index (χ2n) is 6.06. The molecule has 0 aromatic carbocycles. The molecule has 3 heterocycles. The van der Waals surface area contributed by atoms with E-state index in [-0.39, 0.29) is 16.8 Å². The van der Waals surface area contributed by atoms with Gasteiger partial charge in [0.25, 0.3) is 0 Å². The molecule has 24 heavy (non-hydrogen) atoms. The van der Waals surface area contributed by atoms with Crippen molar-refractivity contribution in [1.82, 2.24) is 4.90 Å². The van der Waals surface area contributed by atoms with Crippen LogP contribution in [0, 0.1) is 16.7 Å². The summed E-state index contributed by atoms with van der Waals surface area (Å²) in [5, 5.41) is 13.1. The van der Waals surface area contributed by atoms with Gasteiger partial charge in [-0.15, -0.1) is 0 Å². The van der Waals surface area contributed by atoms with Crippen molar-refractivity contribution in [3.63, 3.8) is 0 Å². The molecular weight excluding hydrogens is 440 g/mol. The molecule has 120 valence electrons. The van der Waals surface area contributed by atoms with Crippen molar-refractivity contribution >= 4 is 49.4 Å². The molecule has 8 nitrogen and oxygen atoms in total. The van der Waals surface area contributed by atoms with E-state index in [1.165, 1.54) is 0 Å². The van der Waals surface area contributed by atoms with E-state index in [1.54, 1.807) is 4.90 Å². The lowest BCUT2D eigenvalue weighted by atomic mass is 9.94. The zero-order chi connectivity index (χ0) is 17.6. The quantitative estimate of drug-likeness (QED) is 0.334. The summed E-state index contributed by atoms with van der Waals surface area (Å²) in [6, 6.07) is 2.04. The minimum absolute atomic E-state index is 0.0112. The highest BCUT2D eigenvalue weighted by molar-refractivity contribution is 9.12. The van der Waals surface area contributed by atoms with Gasteiger partial charge >= 0.3 is 0 Å². The average Bonchev–Trinajstić information content (AvgIpc) is 2.51. The minimum atomic E-state index is -0.328. The molecule has 0 aromatic heterocycles. The van der Waals surface area contributed by atoms with Crippen LogP contribution in [0.2, 0.25) is 0 Å². The number of allylic oxidation sites excluding steroid dienone is 2. The van der Waals surface area contributed by atoms with E-state index in [9.17, 15) is 5.26 Å². The van der Waals surface area contributed by atoms with E-state index in [2.05, 4.69) is 56.9 Å². The molecule has 0 saturated carbocycles. The maximum atomic E-state index is 9.55. The molecule has 0 radical (unpaired) electrons. The third-order valence-corrected chi connectivity index (χ3v) is 4.49. The first-order valence-corrected chi connectivity index (χ1v) is 8.40. The largest absolute Gasteiger partial charge is 0.259 e. The number of hydrogen-bond acceptors (Lipinski definition) is 6. The van der Waals surface area contributed by atoms with E-state index >= 15 is 0 Å². The SMILES string of the molecule is CC(C)(C)C1=NC2=C(Br)C=C(Br)C3=NC(N=[N+]=[N-])=C(C#N)C(=N1)N32. The Labute approximate surface area is 154 Å². The number of aliphatic imine (C=N–C) groups is 3. The van der Waals surface area contributed by atoms with Crippen LogP contribution in [-0.2, 0) is 0 Å². The first-order valence-electron chi connectivity index (χ1n) is 6.81. The van der Waals surface area contributed by atoms with Crippen molar-refractivity contribution in [2.24, 2.45) is 25.5 Å². The molecule has 0 bridgehead atoms. The molecule has 0 amide bonds. The lowest BCUT2D eigenvalue weighted by Gasteiger charge is -2.37. The molecule has 0 spiro atoms. The van der Waals surface area contributed by atoms with Gasteiger partial charge in [-0.1, -0.05) is 20.8 Å². The Morgan fingerprint density at radius 3 is 2.54 bits per heavy atom. The van der Waals surface area contributed by atoms with Gasteiger partial charge in [0.05, 0.1) is 8.96 Å². The molecular formula is C14H10Br2N8. The van der Waals surface area contributed by atoms with Crippen molar-refractivity contribution < 1.29 is 0 Å². The second kappa shape index (κ2) is 5.70.